The van der Waals surface area contributed by atoms with Gasteiger partial charge in [0.15, 0.2) is 0 Å². The maximum Gasteiger partial charge on any atom is 0.416 e. The molecule has 0 aromatic heterocycles. The summed E-state index contributed by atoms with van der Waals surface area (Å²) in [6.45, 7) is -0.00826. The van der Waals surface area contributed by atoms with Crippen molar-refractivity contribution in [2.24, 2.45) is 5.73 Å². The Morgan fingerprint density at radius 2 is 1.64 bits per heavy atom. The van der Waals surface area contributed by atoms with E-state index in [9.17, 15) is 13.2 Å². The van der Waals surface area contributed by atoms with Crippen LogP contribution < -0.4 is 5.73 Å². The zero-order chi connectivity index (χ0) is 15.5. The Labute approximate surface area is 133 Å². The van der Waals surface area contributed by atoms with Crippen LogP contribution in [0.4, 0.5) is 13.2 Å². The van der Waals surface area contributed by atoms with Crippen molar-refractivity contribution in [1.29, 1.82) is 0 Å². The van der Waals surface area contributed by atoms with Gasteiger partial charge in [-0.15, -0.1) is 12.4 Å². The van der Waals surface area contributed by atoms with Crippen LogP contribution in [-0.4, -0.2) is 11.7 Å². The van der Waals surface area contributed by atoms with Gasteiger partial charge in [-0.1, -0.05) is 30.3 Å². The van der Waals surface area contributed by atoms with E-state index >= 15 is 0 Å². The molecule has 120 valence electrons. The third-order valence-corrected chi connectivity index (χ3v) is 3.30. The van der Waals surface area contributed by atoms with Crippen LogP contribution in [0.2, 0.25) is 0 Å². The molecule has 0 amide bonds. The molecule has 0 radical (unpaired) electrons. The highest BCUT2D eigenvalue weighted by atomic mass is 35.5. The first kappa shape index (κ1) is 18.5. The van der Waals surface area contributed by atoms with Crippen molar-refractivity contribution in [3.05, 3.63) is 59.7 Å². The molecule has 1 atom stereocenters. The van der Waals surface area contributed by atoms with E-state index in [2.05, 4.69) is 0 Å². The zero-order valence-corrected chi connectivity index (χ0v) is 12.5. The van der Waals surface area contributed by atoms with Crippen molar-refractivity contribution >= 4 is 12.4 Å². The third kappa shape index (κ3) is 4.47. The van der Waals surface area contributed by atoms with Crippen molar-refractivity contribution in [2.45, 2.75) is 18.6 Å². The molecule has 0 aliphatic heterocycles. The third-order valence-electron chi connectivity index (χ3n) is 3.30. The molecule has 0 aliphatic carbocycles. The van der Waals surface area contributed by atoms with Crippen molar-refractivity contribution in [1.82, 2.24) is 0 Å². The van der Waals surface area contributed by atoms with Crippen molar-refractivity contribution in [3.8, 4) is 11.1 Å². The number of benzene rings is 2. The highest BCUT2D eigenvalue weighted by Gasteiger charge is 2.29. The molecule has 0 saturated carbocycles. The predicted octanol–water partition coefficient (Wildman–Crippen LogP) is 4.18. The highest BCUT2D eigenvalue weighted by molar-refractivity contribution is 5.85. The number of hydrogen-bond donors (Lipinski definition) is 2. The molecule has 3 N–H and O–H groups in total. The van der Waals surface area contributed by atoms with Gasteiger partial charge in [0.25, 0.3) is 0 Å². The summed E-state index contributed by atoms with van der Waals surface area (Å²) in [4.78, 5) is 0. The van der Waals surface area contributed by atoms with E-state index in [1.165, 1.54) is 12.1 Å². The quantitative estimate of drug-likeness (QED) is 0.883. The molecule has 0 spiro atoms. The van der Waals surface area contributed by atoms with Gasteiger partial charge < -0.3 is 10.8 Å². The highest BCUT2D eigenvalue weighted by Crippen LogP contribution is 2.31. The van der Waals surface area contributed by atoms with E-state index in [0.29, 0.717) is 12.0 Å². The van der Waals surface area contributed by atoms with Crippen LogP contribution >= 0.6 is 12.4 Å². The zero-order valence-electron chi connectivity index (χ0n) is 11.7. The summed E-state index contributed by atoms with van der Waals surface area (Å²) in [6.07, 6.45) is -3.89. The number of alkyl halides is 3. The summed E-state index contributed by atoms with van der Waals surface area (Å²) in [5.41, 5.74) is 7.60. The fourth-order valence-electron chi connectivity index (χ4n) is 2.11. The largest absolute Gasteiger partial charge is 0.416 e. The number of nitrogens with two attached hydrogens (primary N) is 1. The molecule has 0 aliphatic rings. The fraction of sp³-hybridized carbons (Fsp3) is 0.250. The van der Waals surface area contributed by atoms with Gasteiger partial charge in [0, 0.05) is 12.6 Å². The average molecular weight is 332 g/mol. The fourth-order valence-corrected chi connectivity index (χ4v) is 2.11. The Morgan fingerprint density at radius 1 is 1.00 bits per heavy atom. The molecular formula is C16H17ClF3NO. The van der Waals surface area contributed by atoms with E-state index in [0.717, 1.165) is 23.3 Å². The van der Waals surface area contributed by atoms with Crippen LogP contribution in [0.15, 0.2) is 48.5 Å². The second kappa shape index (κ2) is 7.63. The first-order valence-corrected chi connectivity index (χ1v) is 6.56. The Hall–Kier alpha value is -1.56. The van der Waals surface area contributed by atoms with E-state index < -0.39 is 11.7 Å². The summed E-state index contributed by atoms with van der Waals surface area (Å²) in [6, 6.07) is 12.0. The lowest BCUT2D eigenvalue weighted by atomic mass is 9.98. The summed E-state index contributed by atoms with van der Waals surface area (Å²) in [7, 11) is 0. The first-order chi connectivity index (χ1) is 9.91. The van der Waals surface area contributed by atoms with Gasteiger partial charge in [-0.25, -0.2) is 0 Å². The first-order valence-electron chi connectivity index (χ1n) is 6.56. The lowest BCUT2D eigenvalue weighted by molar-refractivity contribution is -0.137. The van der Waals surface area contributed by atoms with Crippen molar-refractivity contribution in [3.63, 3.8) is 0 Å². The number of hydrogen-bond acceptors (Lipinski definition) is 2. The van der Waals surface area contributed by atoms with Crippen LogP contribution in [0.25, 0.3) is 11.1 Å². The Kier molecular flexibility index (Phi) is 6.41. The maximum atomic E-state index is 12.5. The Bertz CT molecular complexity index is 599. The second-order valence-electron chi connectivity index (χ2n) is 4.82. The molecule has 0 saturated heterocycles. The van der Waals surface area contributed by atoms with Crippen LogP contribution in [0.5, 0.6) is 0 Å². The number of halogens is 4. The summed E-state index contributed by atoms with van der Waals surface area (Å²) in [5.74, 6) is 0. The molecule has 2 nitrogen and oxygen atoms in total. The van der Waals surface area contributed by atoms with Crippen molar-refractivity contribution in [2.75, 3.05) is 6.61 Å². The molecular weight excluding hydrogens is 315 g/mol. The molecule has 2 aromatic carbocycles. The van der Waals surface area contributed by atoms with Gasteiger partial charge >= 0.3 is 6.18 Å². The minimum absolute atomic E-state index is 0. The average Bonchev–Trinajstić information content (AvgIpc) is 2.47. The van der Waals surface area contributed by atoms with E-state index in [-0.39, 0.29) is 25.1 Å². The van der Waals surface area contributed by atoms with Gasteiger partial charge in [-0.2, -0.15) is 13.2 Å². The molecule has 2 aromatic rings. The smallest absolute Gasteiger partial charge is 0.396 e. The standard InChI is InChI=1S/C16H16F3NO.ClH/c17-16(18,19)14-6-4-11(5-7-14)12-2-1-3-13(10-12)15(20)8-9-21;/h1-7,10,15,21H,8-9,20H2;1H. The van der Waals surface area contributed by atoms with Crippen LogP contribution in [0, 0.1) is 0 Å². The molecule has 0 fully saturated rings. The summed E-state index contributed by atoms with van der Waals surface area (Å²) >= 11 is 0. The van der Waals surface area contributed by atoms with E-state index in [1.807, 2.05) is 18.2 Å². The molecule has 2 rings (SSSR count). The lowest BCUT2D eigenvalue weighted by Gasteiger charge is -2.12. The molecule has 22 heavy (non-hydrogen) atoms. The van der Waals surface area contributed by atoms with Gasteiger partial charge in [0.2, 0.25) is 0 Å². The topological polar surface area (TPSA) is 46.2 Å². The predicted molar refractivity (Wildman–Crippen MR) is 82.8 cm³/mol. The van der Waals surface area contributed by atoms with Gasteiger partial charge in [0.05, 0.1) is 5.56 Å². The molecule has 0 bridgehead atoms. The van der Waals surface area contributed by atoms with Gasteiger partial charge in [-0.3, -0.25) is 0 Å². The van der Waals surface area contributed by atoms with Crippen LogP contribution in [0.3, 0.4) is 0 Å². The monoisotopic (exact) mass is 331 g/mol. The van der Waals surface area contributed by atoms with Crippen molar-refractivity contribution < 1.29 is 18.3 Å². The minimum atomic E-state index is -4.33. The Morgan fingerprint density at radius 3 is 2.18 bits per heavy atom. The molecule has 0 heterocycles. The number of aliphatic hydroxyl groups excluding tert-OH is 1. The van der Waals surface area contributed by atoms with E-state index in [4.69, 9.17) is 10.8 Å². The minimum Gasteiger partial charge on any atom is -0.396 e. The SMILES string of the molecule is Cl.NC(CCO)c1cccc(-c2ccc(C(F)(F)F)cc2)c1. The Balaban J connectivity index is 0.00000242. The number of rotatable bonds is 4. The van der Waals surface area contributed by atoms with E-state index in [1.54, 1.807) is 6.07 Å². The normalized spacial score (nSPS) is 12.6. The number of aliphatic hydroxyl groups is 1. The van der Waals surface area contributed by atoms with Gasteiger partial charge in [-0.05, 0) is 41.3 Å². The second-order valence-corrected chi connectivity index (χ2v) is 4.82. The van der Waals surface area contributed by atoms with Crippen LogP contribution in [0.1, 0.15) is 23.6 Å². The summed E-state index contributed by atoms with van der Waals surface area (Å²) < 4.78 is 37.6. The molecule has 6 heteroatoms. The van der Waals surface area contributed by atoms with Gasteiger partial charge in [0.1, 0.15) is 0 Å². The van der Waals surface area contributed by atoms with Crippen LogP contribution in [-0.2, 0) is 6.18 Å². The maximum absolute atomic E-state index is 12.5. The molecule has 1 unspecified atom stereocenters. The summed E-state index contributed by atoms with van der Waals surface area (Å²) in [5, 5.41) is 8.90. The lowest BCUT2D eigenvalue weighted by Crippen LogP contribution is -2.11.